The highest BCUT2D eigenvalue weighted by atomic mass is 19.3. The van der Waals surface area contributed by atoms with Crippen LogP contribution in [0, 0.1) is 0 Å². The molecule has 1 unspecified atom stereocenters. The molecule has 1 aromatic carbocycles. The number of benzene rings is 1. The molecule has 1 heterocycles. The maximum absolute atomic E-state index is 12.7. The standard InChI is InChI=1S/C12H12F4N2O2/c13-11(14)12(15,16)6-18-10(19)9-5-17-7-3-1-2-4-8(7)20-9/h1-4,9,11,17H,5-6H2,(H,18,19). The van der Waals surface area contributed by atoms with E-state index in [4.69, 9.17) is 4.74 Å². The minimum absolute atomic E-state index is 0.0725. The summed E-state index contributed by atoms with van der Waals surface area (Å²) in [6.45, 7) is -1.35. The third kappa shape index (κ3) is 3.12. The molecule has 0 saturated carbocycles. The fourth-order valence-corrected chi connectivity index (χ4v) is 1.66. The van der Waals surface area contributed by atoms with Crippen LogP contribution in [-0.4, -0.2) is 37.4 Å². The zero-order valence-corrected chi connectivity index (χ0v) is 10.2. The van der Waals surface area contributed by atoms with Gasteiger partial charge in [-0.15, -0.1) is 0 Å². The summed E-state index contributed by atoms with van der Waals surface area (Å²) in [4.78, 5) is 11.6. The molecule has 20 heavy (non-hydrogen) atoms. The SMILES string of the molecule is O=C(NCC(F)(F)C(F)F)C1CNc2ccccc2O1. The topological polar surface area (TPSA) is 50.4 Å². The molecule has 0 bridgehead atoms. The van der Waals surface area contributed by atoms with Crippen LogP contribution in [0.5, 0.6) is 5.75 Å². The van der Waals surface area contributed by atoms with Crippen LogP contribution in [0.25, 0.3) is 0 Å². The lowest BCUT2D eigenvalue weighted by Gasteiger charge is -2.27. The van der Waals surface area contributed by atoms with Gasteiger partial charge in [-0.25, -0.2) is 8.78 Å². The van der Waals surface area contributed by atoms with Crippen molar-refractivity contribution < 1.29 is 27.1 Å². The molecule has 1 aliphatic rings. The maximum Gasteiger partial charge on any atom is 0.324 e. The van der Waals surface area contributed by atoms with Gasteiger partial charge in [0.25, 0.3) is 5.91 Å². The second kappa shape index (κ2) is 5.56. The van der Waals surface area contributed by atoms with Crippen LogP contribution >= 0.6 is 0 Å². The van der Waals surface area contributed by atoms with Gasteiger partial charge in [-0.3, -0.25) is 4.79 Å². The third-order valence-corrected chi connectivity index (χ3v) is 2.74. The third-order valence-electron chi connectivity index (χ3n) is 2.74. The molecule has 0 radical (unpaired) electrons. The molecule has 0 fully saturated rings. The lowest BCUT2D eigenvalue weighted by molar-refractivity contribution is -0.140. The van der Waals surface area contributed by atoms with Crippen LogP contribution in [0.1, 0.15) is 0 Å². The summed E-state index contributed by atoms with van der Waals surface area (Å²) < 4.78 is 54.6. The lowest BCUT2D eigenvalue weighted by Crippen LogP contribution is -2.49. The number of hydrogen-bond acceptors (Lipinski definition) is 3. The van der Waals surface area contributed by atoms with E-state index in [-0.39, 0.29) is 6.54 Å². The van der Waals surface area contributed by atoms with Gasteiger partial charge < -0.3 is 15.4 Å². The van der Waals surface area contributed by atoms with Crippen LogP contribution in [0.3, 0.4) is 0 Å². The molecule has 1 atom stereocenters. The van der Waals surface area contributed by atoms with Gasteiger partial charge in [-0.05, 0) is 12.1 Å². The summed E-state index contributed by atoms with van der Waals surface area (Å²) in [7, 11) is 0. The Balaban J connectivity index is 1.92. The Hall–Kier alpha value is -1.99. The van der Waals surface area contributed by atoms with E-state index in [2.05, 4.69) is 5.32 Å². The number of hydrogen-bond donors (Lipinski definition) is 2. The fourth-order valence-electron chi connectivity index (χ4n) is 1.66. The first-order chi connectivity index (χ1) is 9.40. The first-order valence-corrected chi connectivity index (χ1v) is 5.83. The van der Waals surface area contributed by atoms with Crippen LogP contribution in [0.4, 0.5) is 23.2 Å². The molecule has 0 saturated heterocycles. The van der Waals surface area contributed by atoms with Gasteiger partial charge in [0.2, 0.25) is 0 Å². The Bertz CT molecular complexity index is 496. The highest BCUT2D eigenvalue weighted by Gasteiger charge is 2.41. The first-order valence-electron chi connectivity index (χ1n) is 5.83. The monoisotopic (exact) mass is 292 g/mol. The van der Waals surface area contributed by atoms with E-state index < -0.39 is 30.9 Å². The number of carbonyl (C=O) groups excluding carboxylic acids is 1. The second-order valence-electron chi connectivity index (χ2n) is 4.26. The van der Waals surface area contributed by atoms with Crippen molar-refractivity contribution in [3.8, 4) is 5.75 Å². The first kappa shape index (κ1) is 14.4. The average Bonchev–Trinajstić information content (AvgIpc) is 2.44. The highest BCUT2D eigenvalue weighted by Crippen LogP contribution is 2.28. The highest BCUT2D eigenvalue weighted by molar-refractivity contribution is 5.83. The van der Waals surface area contributed by atoms with Gasteiger partial charge in [0.1, 0.15) is 5.75 Å². The van der Waals surface area contributed by atoms with Crippen molar-refractivity contribution in [2.24, 2.45) is 0 Å². The van der Waals surface area contributed by atoms with E-state index >= 15 is 0 Å². The van der Waals surface area contributed by atoms with Crippen molar-refractivity contribution in [3.05, 3.63) is 24.3 Å². The zero-order chi connectivity index (χ0) is 14.8. The Morgan fingerprint density at radius 1 is 1.45 bits per heavy atom. The number of halogens is 4. The molecule has 1 aromatic rings. The molecule has 2 N–H and O–H groups in total. The fraction of sp³-hybridized carbons (Fsp3) is 0.417. The van der Waals surface area contributed by atoms with Crippen molar-refractivity contribution >= 4 is 11.6 Å². The molecule has 1 aliphatic heterocycles. The molecule has 110 valence electrons. The number of rotatable bonds is 4. The molecule has 0 aromatic heterocycles. The van der Waals surface area contributed by atoms with Crippen molar-refractivity contribution in [1.82, 2.24) is 5.32 Å². The van der Waals surface area contributed by atoms with Gasteiger partial charge >= 0.3 is 12.3 Å². The van der Waals surface area contributed by atoms with E-state index in [9.17, 15) is 22.4 Å². The van der Waals surface area contributed by atoms with E-state index in [1.165, 1.54) is 0 Å². The number of para-hydroxylation sites is 2. The van der Waals surface area contributed by atoms with E-state index in [0.29, 0.717) is 11.4 Å². The van der Waals surface area contributed by atoms with E-state index in [1.807, 2.05) is 0 Å². The molecule has 0 aliphatic carbocycles. The number of alkyl halides is 4. The van der Waals surface area contributed by atoms with Crippen LogP contribution in [0.15, 0.2) is 24.3 Å². The number of amides is 1. The minimum Gasteiger partial charge on any atom is -0.477 e. The number of fused-ring (bicyclic) bond motifs is 1. The van der Waals surface area contributed by atoms with Crippen molar-refractivity contribution in [3.63, 3.8) is 0 Å². The number of ether oxygens (including phenoxy) is 1. The Morgan fingerprint density at radius 2 is 2.15 bits per heavy atom. The summed E-state index contributed by atoms with van der Waals surface area (Å²) in [5, 5.41) is 4.66. The van der Waals surface area contributed by atoms with Crippen molar-refractivity contribution in [2.45, 2.75) is 18.5 Å². The molecule has 8 heteroatoms. The second-order valence-corrected chi connectivity index (χ2v) is 4.26. The predicted molar refractivity (Wildman–Crippen MR) is 63.3 cm³/mol. The number of nitrogens with one attached hydrogen (secondary N) is 2. The summed E-state index contributed by atoms with van der Waals surface area (Å²) >= 11 is 0. The normalized spacial score (nSPS) is 17.9. The maximum atomic E-state index is 12.7. The van der Waals surface area contributed by atoms with Crippen LogP contribution in [-0.2, 0) is 4.79 Å². The predicted octanol–water partition coefficient (Wildman–Crippen LogP) is 1.88. The molecule has 2 rings (SSSR count). The summed E-state index contributed by atoms with van der Waals surface area (Å²) in [5.74, 6) is -4.72. The van der Waals surface area contributed by atoms with Crippen LogP contribution in [0.2, 0.25) is 0 Å². The summed E-state index contributed by atoms with van der Waals surface area (Å²) in [6, 6.07) is 6.79. The number of anilines is 1. The van der Waals surface area contributed by atoms with Gasteiger partial charge in [0.15, 0.2) is 6.10 Å². The smallest absolute Gasteiger partial charge is 0.324 e. The van der Waals surface area contributed by atoms with Gasteiger partial charge in [0, 0.05) is 0 Å². The number of carbonyl (C=O) groups is 1. The molecule has 0 spiro atoms. The Kier molecular flexibility index (Phi) is 4.01. The average molecular weight is 292 g/mol. The van der Waals surface area contributed by atoms with E-state index in [1.54, 1.807) is 29.6 Å². The molecule has 1 amide bonds. The van der Waals surface area contributed by atoms with Crippen LogP contribution < -0.4 is 15.4 Å². The Labute approximate surface area is 112 Å². The molecular weight excluding hydrogens is 280 g/mol. The molecule has 4 nitrogen and oxygen atoms in total. The van der Waals surface area contributed by atoms with Gasteiger partial charge in [-0.2, -0.15) is 8.78 Å². The quantitative estimate of drug-likeness (QED) is 0.833. The zero-order valence-electron chi connectivity index (χ0n) is 10.2. The van der Waals surface area contributed by atoms with E-state index in [0.717, 1.165) is 0 Å². The largest absolute Gasteiger partial charge is 0.477 e. The van der Waals surface area contributed by atoms with Gasteiger partial charge in [0.05, 0.1) is 18.8 Å². The van der Waals surface area contributed by atoms with Crippen molar-refractivity contribution in [2.75, 3.05) is 18.4 Å². The summed E-state index contributed by atoms with van der Waals surface area (Å²) in [5.41, 5.74) is 0.675. The molecular formula is C12H12F4N2O2. The van der Waals surface area contributed by atoms with Crippen molar-refractivity contribution in [1.29, 1.82) is 0 Å². The summed E-state index contributed by atoms with van der Waals surface area (Å²) in [6.07, 6.45) is -4.87. The Morgan fingerprint density at radius 3 is 2.85 bits per heavy atom. The lowest BCUT2D eigenvalue weighted by atomic mass is 10.2. The minimum atomic E-state index is -4.25. The van der Waals surface area contributed by atoms with Gasteiger partial charge in [-0.1, -0.05) is 12.1 Å².